The van der Waals surface area contributed by atoms with Crippen LogP contribution in [0.5, 0.6) is 0 Å². The van der Waals surface area contributed by atoms with Gasteiger partial charge in [-0.25, -0.2) is 9.97 Å². The molecule has 1 unspecified atom stereocenters. The summed E-state index contributed by atoms with van der Waals surface area (Å²) in [7, 11) is 0. The summed E-state index contributed by atoms with van der Waals surface area (Å²) in [5.41, 5.74) is 7.56. The molecule has 0 fully saturated rings. The van der Waals surface area contributed by atoms with E-state index in [1.165, 1.54) is 11.1 Å². The van der Waals surface area contributed by atoms with Crippen molar-refractivity contribution in [1.29, 1.82) is 0 Å². The number of benzene rings is 2. The molecule has 2 aromatic carbocycles. The molecule has 0 saturated heterocycles. The van der Waals surface area contributed by atoms with Crippen LogP contribution < -0.4 is 0 Å². The van der Waals surface area contributed by atoms with Crippen LogP contribution in [0.1, 0.15) is 72.8 Å². The lowest BCUT2D eigenvalue weighted by atomic mass is 9.88. The van der Waals surface area contributed by atoms with E-state index in [0.29, 0.717) is 13.0 Å². The lowest BCUT2D eigenvalue weighted by Gasteiger charge is -2.18. The van der Waals surface area contributed by atoms with Crippen molar-refractivity contribution < 1.29 is 9.53 Å². The topological polar surface area (TPSA) is 57.0 Å². The minimum absolute atomic E-state index is 0.0366. The zero-order valence-corrected chi connectivity index (χ0v) is 21.3. The number of nitrogens with zero attached hydrogens (tertiary/aromatic N) is 3. The maximum absolute atomic E-state index is 12.3. The molecule has 0 amide bonds. The summed E-state index contributed by atoms with van der Waals surface area (Å²) in [5, 5.41) is 0. The van der Waals surface area contributed by atoms with Gasteiger partial charge >= 0.3 is 5.97 Å². The molecule has 0 bridgehead atoms. The Morgan fingerprint density at radius 3 is 2.37 bits per heavy atom. The van der Waals surface area contributed by atoms with Crippen molar-refractivity contribution in [3.63, 3.8) is 0 Å². The third kappa shape index (κ3) is 5.79. The van der Waals surface area contributed by atoms with Crippen LogP contribution in [-0.4, -0.2) is 27.1 Å². The zero-order chi connectivity index (χ0) is 24.8. The van der Waals surface area contributed by atoms with Crippen LogP contribution in [0.15, 0.2) is 60.7 Å². The SMILES string of the molecule is CCCCc1nc2c(C)cc(C)nc2n1Cc1ccc(C(CC(=O)OCC)c2ccccc2)cc1. The molecule has 2 aromatic heterocycles. The van der Waals surface area contributed by atoms with Crippen LogP contribution >= 0.6 is 0 Å². The predicted octanol–water partition coefficient (Wildman–Crippen LogP) is 6.52. The van der Waals surface area contributed by atoms with E-state index in [1.807, 2.05) is 32.0 Å². The van der Waals surface area contributed by atoms with Crippen LogP contribution in [0.2, 0.25) is 0 Å². The maximum atomic E-state index is 12.3. The Kier molecular flexibility index (Phi) is 7.96. The molecule has 5 heteroatoms. The van der Waals surface area contributed by atoms with Gasteiger partial charge < -0.3 is 9.30 Å². The number of pyridine rings is 1. The van der Waals surface area contributed by atoms with Gasteiger partial charge in [0.1, 0.15) is 11.3 Å². The van der Waals surface area contributed by atoms with E-state index in [9.17, 15) is 4.79 Å². The van der Waals surface area contributed by atoms with Gasteiger partial charge in [-0.15, -0.1) is 0 Å². The molecular formula is C30H35N3O2. The predicted molar refractivity (Wildman–Crippen MR) is 141 cm³/mol. The van der Waals surface area contributed by atoms with Gasteiger partial charge in [-0.05, 0) is 55.5 Å². The summed E-state index contributed by atoms with van der Waals surface area (Å²) in [6, 6.07) is 20.9. The number of fused-ring (bicyclic) bond motifs is 1. The Bertz CT molecular complexity index is 1280. The Hall–Kier alpha value is -3.47. The number of unbranched alkanes of at least 4 members (excludes halogenated alkanes) is 1. The molecule has 0 spiro atoms. The molecule has 0 radical (unpaired) electrons. The lowest BCUT2D eigenvalue weighted by Crippen LogP contribution is -2.12. The molecule has 4 rings (SSSR count). The van der Waals surface area contributed by atoms with E-state index in [1.54, 1.807) is 0 Å². The first-order chi connectivity index (χ1) is 17.0. The normalized spacial score (nSPS) is 12.1. The number of hydrogen-bond donors (Lipinski definition) is 0. The van der Waals surface area contributed by atoms with Gasteiger partial charge in [-0.3, -0.25) is 4.79 Å². The fourth-order valence-corrected chi connectivity index (χ4v) is 4.68. The third-order valence-electron chi connectivity index (χ3n) is 6.46. The third-order valence-corrected chi connectivity index (χ3v) is 6.46. The second kappa shape index (κ2) is 11.3. The average Bonchev–Trinajstić information content (AvgIpc) is 3.20. The molecule has 0 N–H and O–H groups in total. The summed E-state index contributed by atoms with van der Waals surface area (Å²) < 4.78 is 7.53. The van der Waals surface area contributed by atoms with Crippen molar-refractivity contribution in [2.24, 2.45) is 0 Å². The van der Waals surface area contributed by atoms with Crippen molar-refractivity contribution in [2.45, 2.75) is 65.8 Å². The molecule has 2 heterocycles. The summed E-state index contributed by atoms with van der Waals surface area (Å²) in [5.74, 6) is 0.884. The van der Waals surface area contributed by atoms with E-state index in [2.05, 4.69) is 60.9 Å². The Balaban J connectivity index is 1.65. The number of hydrogen-bond acceptors (Lipinski definition) is 4. The van der Waals surface area contributed by atoms with Gasteiger partial charge in [-0.2, -0.15) is 0 Å². The fourth-order valence-electron chi connectivity index (χ4n) is 4.68. The minimum atomic E-state index is -0.173. The average molecular weight is 470 g/mol. The minimum Gasteiger partial charge on any atom is -0.466 e. The van der Waals surface area contributed by atoms with E-state index >= 15 is 0 Å². The lowest BCUT2D eigenvalue weighted by molar-refractivity contribution is -0.143. The highest BCUT2D eigenvalue weighted by Gasteiger charge is 2.20. The molecule has 182 valence electrons. The first-order valence-corrected chi connectivity index (χ1v) is 12.6. The highest BCUT2D eigenvalue weighted by molar-refractivity contribution is 5.76. The van der Waals surface area contributed by atoms with Crippen molar-refractivity contribution in [1.82, 2.24) is 14.5 Å². The first-order valence-electron chi connectivity index (χ1n) is 12.6. The Morgan fingerprint density at radius 1 is 0.971 bits per heavy atom. The number of carbonyl (C=O) groups is 1. The second-order valence-electron chi connectivity index (χ2n) is 9.18. The van der Waals surface area contributed by atoms with Gasteiger partial charge in [0.25, 0.3) is 0 Å². The van der Waals surface area contributed by atoms with Gasteiger partial charge in [-0.1, -0.05) is 67.9 Å². The maximum Gasteiger partial charge on any atom is 0.306 e. The van der Waals surface area contributed by atoms with Gasteiger partial charge in [0.05, 0.1) is 19.6 Å². The van der Waals surface area contributed by atoms with Crippen molar-refractivity contribution in [3.05, 3.63) is 94.4 Å². The molecule has 35 heavy (non-hydrogen) atoms. The molecule has 0 aliphatic rings. The van der Waals surface area contributed by atoms with Crippen molar-refractivity contribution >= 4 is 17.1 Å². The van der Waals surface area contributed by atoms with Crippen LogP contribution in [0, 0.1) is 13.8 Å². The number of ether oxygens (including phenoxy) is 1. The highest BCUT2D eigenvalue weighted by Crippen LogP contribution is 2.29. The molecule has 4 aromatic rings. The Morgan fingerprint density at radius 2 is 1.69 bits per heavy atom. The highest BCUT2D eigenvalue weighted by atomic mass is 16.5. The van der Waals surface area contributed by atoms with Crippen molar-refractivity contribution in [3.8, 4) is 0 Å². The zero-order valence-electron chi connectivity index (χ0n) is 21.3. The van der Waals surface area contributed by atoms with Gasteiger partial charge in [0.2, 0.25) is 0 Å². The summed E-state index contributed by atoms with van der Waals surface area (Å²) in [6.45, 7) is 9.32. The van der Waals surface area contributed by atoms with E-state index in [0.717, 1.165) is 59.6 Å². The van der Waals surface area contributed by atoms with E-state index in [4.69, 9.17) is 14.7 Å². The molecule has 5 nitrogen and oxygen atoms in total. The number of aromatic nitrogens is 3. The Labute approximate surface area is 208 Å². The number of esters is 1. The van der Waals surface area contributed by atoms with Gasteiger partial charge in [0.15, 0.2) is 5.65 Å². The van der Waals surface area contributed by atoms with Crippen LogP contribution in [-0.2, 0) is 22.5 Å². The fraction of sp³-hybridized carbons (Fsp3) is 0.367. The van der Waals surface area contributed by atoms with Crippen LogP contribution in [0.25, 0.3) is 11.2 Å². The van der Waals surface area contributed by atoms with E-state index < -0.39 is 0 Å². The standard InChI is InChI=1S/C30H35N3O2/c1-5-7-13-27-32-29-21(3)18-22(4)31-30(29)33(27)20-23-14-16-25(17-15-23)26(19-28(34)35-6-2)24-11-9-8-10-12-24/h8-12,14-18,26H,5-7,13,19-20H2,1-4H3. The van der Waals surface area contributed by atoms with Crippen LogP contribution in [0.3, 0.4) is 0 Å². The van der Waals surface area contributed by atoms with Crippen LogP contribution in [0.4, 0.5) is 0 Å². The number of rotatable bonds is 10. The molecule has 0 aliphatic carbocycles. The number of aryl methyl sites for hydroxylation is 3. The van der Waals surface area contributed by atoms with E-state index in [-0.39, 0.29) is 11.9 Å². The molecular weight excluding hydrogens is 434 g/mol. The molecule has 0 aliphatic heterocycles. The smallest absolute Gasteiger partial charge is 0.306 e. The summed E-state index contributed by atoms with van der Waals surface area (Å²) in [4.78, 5) is 22.2. The quantitative estimate of drug-likeness (QED) is 0.248. The summed E-state index contributed by atoms with van der Waals surface area (Å²) in [6.07, 6.45) is 3.50. The first kappa shape index (κ1) is 24.6. The largest absolute Gasteiger partial charge is 0.466 e. The number of imidazole rings is 1. The number of carbonyl (C=O) groups excluding carboxylic acids is 1. The monoisotopic (exact) mass is 469 g/mol. The van der Waals surface area contributed by atoms with Crippen molar-refractivity contribution in [2.75, 3.05) is 6.61 Å². The van der Waals surface area contributed by atoms with Gasteiger partial charge in [0, 0.05) is 18.0 Å². The molecule has 1 atom stereocenters. The second-order valence-corrected chi connectivity index (χ2v) is 9.18. The summed E-state index contributed by atoms with van der Waals surface area (Å²) >= 11 is 0. The molecule has 0 saturated carbocycles.